The average Bonchev–Trinajstić information content (AvgIpc) is 3.19. The summed E-state index contributed by atoms with van der Waals surface area (Å²) in [6, 6.07) is 0. The van der Waals surface area contributed by atoms with Crippen LogP contribution < -0.4 is 5.11 Å². The summed E-state index contributed by atoms with van der Waals surface area (Å²) in [5, 5.41) is 11.7. The maximum absolute atomic E-state index is 12.8. The molecule has 338 valence electrons. The topological polar surface area (TPSA) is 111 Å². The smallest absolute Gasteiger partial charge is 0.306 e. The van der Waals surface area contributed by atoms with E-state index < -0.39 is 24.3 Å². The first kappa shape index (κ1) is 55.7. The molecule has 0 spiro atoms. The molecule has 0 radical (unpaired) electrons. The Hall–Kier alpha value is -3.27. The van der Waals surface area contributed by atoms with Gasteiger partial charge in [0.1, 0.15) is 13.2 Å². The first-order valence-electron chi connectivity index (χ1n) is 23.1. The Morgan fingerprint density at radius 3 is 1.44 bits per heavy atom. The molecule has 0 fully saturated rings. The number of carbonyl (C=O) groups excluding carboxylic acids is 3. The lowest BCUT2D eigenvalue weighted by Crippen LogP contribution is -2.44. The summed E-state index contributed by atoms with van der Waals surface area (Å²) >= 11 is 0. The average molecular weight is 828 g/mol. The van der Waals surface area contributed by atoms with Crippen LogP contribution in [0.2, 0.25) is 0 Å². The maximum Gasteiger partial charge on any atom is 0.306 e. The highest BCUT2D eigenvalue weighted by atomic mass is 16.7. The van der Waals surface area contributed by atoms with Crippen molar-refractivity contribution in [3.05, 3.63) is 72.9 Å². The molecular weight excluding hydrogens is 743 g/mol. The molecule has 9 heteroatoms. The number of carbonyl (C=O) groups is 3. The number of hydrogen-bond acceptors (Lipinski definition) is 8. The van der Waals surface area contributed by atoms with Gasteiger partial charge in [0.2, 0.25) is 0 Å². The van der Waals surface area contributed by atoms with Gasteiger partial charge in [-0.1, -0.05) is 151 Å². The minimum atomic E-state index is -1.63. The number of ether oxygens (including phenoxy) is 4. The number of hydrogen-bond donors (Lipinski definition) is 0. The van der Waals surface area contributed by atoms with Gasteiger partial charge in [-0.05, 0) is 77.0 Å². The first-order valence-corrected chi connectivity index (χ1v) is 23.1. The van der Waals surface area contributed by atoms with Crippen LogP contribution in [-0.2, 0) is 33.3 Å². The number of nitrogens with zero attached hydrogens (tertiary/aromatic N) is 1. The van der Waals surface area contributed by atoms with E-state index in [1.165, 1.54) is 32.1 Å². The molecule has 0 aromatic heterocycles. The number of likely N-dealkylation sites (N-methyl/N-ethyl adjacent to an activating group) is 1. The second-order valence-electron chi connectivity index (χ2n) is 16.3. The Labute approximate surface area is 360 Å². The Balaban J connectivity index is 4.43. The van der Waals surface area contributed by atoms with Crippen LogP contribution in [0.1, 0.15) is 168 Å². The van der Waals surface area contributed by atoms with E-state index in [1.54, 1.807) is 0 Å². The van der Waals surface area contributed by atoms with Crippen LogP contribution in [0.15, 0.2) is 72.9 Å². The predicted octanol–water partition coefficient (Wildman–Crippen LogP) is 11.0. The second-order valence-corrected chi connectivity index (χ2v) is 16.3. The molecule has 0 saturated carbocycles. The number of carboxylic acid groups (broad SMARTS) is 1. The molecule has 2 atom stereocenters. The largest absolute Gasteiger partial charge is 0.545 e. The molecule has 0 aromatic carbocycles. The summed E-state index contributed by atoms with van der Waals surface area (Å²) < 4.78 is 22.5. The molecule has 9 nitrogen and oxygen atoms in total. The summed E-state index contributed by atoms with van der Waals surface area (Å²) in [5.41, 5.74) is 0. The van der Waals surface area contributed by atoms with E-state index in [2.05, 4.69) is 86.8 Å². The third kappa shape index (κ3) is 42.7. The fourth-order valence-electron chi connectivity index (χ4n) is 5.86. The van der Waals surface area contributed by atoms with E-state index in [-0.39, 0.29) is 38.6 Å². The molecule has 0 aliphatic rings. The predicted molar refractivity (Wildman–Crippen MR) is 241 cm³/mol. The molecule has 0 saturated heterocycles. The lowest BCUT2D eigenvalue weighted by atomic mass is 10.1. The number of esters is 2. The summed E-state index contributed by atoms with van der Waals surface area (Å²) in [4.78, 5) is 37.0. The first-order chi connectivity index (χ1) is 28.6. The van der Waals surface area contributed by atoms with Crippen LogP contribution in [0.4, 0.5) is 0 Å². The Morgan fingerprint density at radius 2 is 0.966 bits per heavy atom. The summed E-state index contributed by atoms with van der Waals surface area (Å²) in [7, 11) is 5.89. The molecule has 0 aliphatic carbocycles. The van der Waals surface area contributed by atoms with Gasteiger partial charge in [-0.3, -0.25) is 9.59 Å². The number of quaternary nitrogens is 1. The van der Waals surface area contributed by atoms with Gasteiger partial charge in [0.05, 0.1) is 40.3 Å². The lowest BCUT2D eigenvalue weighted by Gasteiger charge is -2.26. The van der Waals surface area contributed by atoms with Gasteiger partial charge in [-0.15, -0.1) is 0 Å². The van der Waals surface area contributed by atoms with E-state index >= 15 is 0 Å². The minimum Gasteiger partial charge on any atom is -0.545 e. The second kappa shape index (κ2) is 41.5. The molecule has 0 bridgehead atoms. The zero-order valence-corrected chi connectivity index (χ0v) is 38.1. The molecule has 0 heterocycles. The third-order valence-electron chi connectivity index (χ3n) is 9.42. The van der Waals surface area contributed by atoms with Gasteiger partial charge < -0.3 is 33.3 Å². The number of unbranched alkanes of at least 4 members (excludes halogenated alkanes) is 14. The number of carboxylic acids is 1. The highest BCUT2D eigenvalue weighted by Gasteiger charge is 2.21. The summed E-state index contributed by atoms with van der Waals surface area (Å²) in [6.45, 7) is 4.52. The lowest BCUT2D eigenvalue weighted by molar-refractivity contribution is -0.870. The van der Waals surface area contributed by atoms with Crippen LogP contribution in [0.3, 0.4) is 0 Å². The highest BCUT2D eigenvalue weighted by molar-refractivity contribution is 5.70. The summed E-state index contributed by atoms with van der Waals surface area (Å²) in [5.74, 6) is -2.32. The Kier molecular flexibility index (Phi) is 39.2. The standard InChI is InChI=1S/C50H85NO8/c1-6-8-10-12-14-16-18-20-21-22-23-24-25-26-27-29-31-33-35-37-39-41-48(53)59-46(45-58-50(49(54)55)56-43-42-51(3,4)5)44-57-47(52)40-38-36-34-32-30-28-19-17-15-13-11-9-7-2/h8,10-11,13-14,16-17,19-21,23-24,46,50H,6-7,9,12,15,18,22,25-45H2,1-5H3/b10-8-,13-11-,16-14-,19-17-,21-20-,24-23-. The van der Waals surface area contributed by atoms with Gasteiger partial charge >= 0.3 is 11.9 Å². The van der Waals surface area contributed by atoms with Gasteiger partial charge in [-0.2, -0.15) is 0 Å². The van der Waals surface area contributed by atoms with E-state index in [0.29, 0.717) is 17.4 Å². The minimum absolute atomic E-state index is 0.140. The van der Waals surface area contributed by atoms with Crippen molar-refractivity contribution < 1.29 is 42.9 Å². The van der Waals surface area contributed by atoms with E-state index in [4.69, 9.17) is 18.9 Å². The maximum atomic E-state index is 12.8. The molecule has 59 heavy (non-hydrogen) atoms. The quantitative estimate of drug-likeness (QED) is 0.0197. The molecule has 0 aliphatic heterocycles. The fraction of sp³-hybridized carbons (Fsp3) is 0.700. The number of allylic oxidation sites excluding steroid dienone is 12. The molecule has 0 aromatic rings. The van der Waals surface area contributed by atoms with Crippen molar-refractivity contribution in [2.24, 2.45) is 0 Å². The Bertz CT molecular complexity index is 1200. The zero-order chi connectivity index (χ0) is 43.5. The molecule has 2 unspecified atom stereocenters. The Morgan fingerprint density at radius 1 is 0.525 bits per heavy atom. The highest BCUT2D eigenvalue weighted by Crippen LogP contribution is 2.13. The zero-order valence-electron chi connectivity index (χ0n) is 38.1. The van der Waals surface area contributed by atoms with Crippen molar-refractivity contribution >= 4 is 17.9 Å². The molecule has 0 amide bonds. The van der Waals surface area contributed by atoms with Crippen LogP contribution in [0.5, 0.6) is 0 Å². The van der Waals surface area contributed by atoms with Crippen LogP contribution in [-0.4, -0.2) is 82.3 Å². The molecule has 0 rings (SSSR count). The normalized spacial score (nSPS) is 13.6. The number of rotatable bonds is 41. The van der Waals surface area contributed by atoms with Gasteiger partial charge in [-0.25, -0.2) is 0 Å². The van der Waals surface area contributed by atoms with Gasteiger partial charge in [0.25, 0.3) is 0 Å². The van der Waals surface area contributed by atoms with Crippen molar-refractivity contribution in [2.75, 3.05) is 47.5 Å². The SMILES string of the molecule is CC/C=C\C/C=C\C/C=C\C/C=C\CCCCCCCCCCC(=O)OC(COC(=O)CCCCCCC/C=C\C/C=C\CCC)COC(OCC[N+](C)(C)C)C(=O)[O-]. The third-order valence-corrected chi connectivity index (χ3v) is 9.42. The van der Waals surface area contributed by atoms with E-state index in [1.807, 2.05) is 21.1 Å². The van der Waals surface area contributed by atoms with Crippen molar-refractivity contribution in [1.29, 1.82) is 0 Å². The monoisotopic (exact) mass is 828 g/mol. The van der Waals surface area contributed by atoms with Crippen LogP contribution >= 0.6 is 0 Å². The molecule has 0 N–H and O–H groups in total. The van der Waals surface area contributed by atoms with Crippen molar-refractivity contribution in [3.8, 4) is 0 Å². The summed E-state index contributed by atoms with van der Waals surface area (Å²) in [6.07, 6.45) is 47.9. The van der Waals surface area contributed by atoms with Gasteiger partial charge in [0.15, 0.2) is 12.4 Å². The van der Waals surface area contributed by atoms with Gasteiger partial charge in [0, 0.05) is 12.8 Å². The fourth-order valence-corrected chi connectivity index (χ4v) is 5.86. The van der Waals surface area contributed by atoms with Crippen LogP contribution in [0.25, 0.3) is 0 Å². The van der Waals surface area contributed by atoms with Crippen molar-refractivity contribution in [3.63, 3.8) is 0 Å². The van der Waals surface area contributed by atoms with E-state index in [9.17, 15) is 19.5 Å². The van der Waals surface area contributed by atoms with E-state index in [0.717, 1.165) is 103 Å². The van der Waals surface area contributed by atoms with Crippen molar-refractivity contribution in [1.82, 2.24) is 0 Å². The number of aliphatic carboxylic acids is 1. The van der Waals surface area contributed by atoms with Crippen molar-refractivity contribution in [2.45, 2.75) is 180 Å². The van der Waals surface area contributed by atoms with Crippen LogP contribution in [0, 0.1) is 0 Å². The molecular formula is C50H85NO8.